The van der Waals surface area contributed by atoms with Crippen LogP contribution in [-0.2, 0) is 6.42 Å². The molecule has 0 saturated carbocycles. The van der Waals surface area contributed by atoms with Gasteiger partial charge in [0.25, 0.3) is 0 Å². The fourth-order valence-electron chi connectivity index (χ4n) is 0.998. The Morgan fingerprint density at radius 3 is 2.54 bits per heavy atom. The van der Waals surface area contributed by atoms with Crippen molar-refractivity contribution in [3.63, 3.8) is 0 Å². The molecule has 1 heterocycles. The van der Waals surface area contributed by atoms with Crippen molar-refractivity contribution in [2.75, 3.05) is 0 Å². The summed E-state index contributed by atoms with van der Waals surface area (Å²) in [6.45, 7) is 8.54. The SMILES string of the molecule is CCc1csc(C(N)C(C)(C)C)n1. The van der Waals surface area contributed by atoms with E-state index in [-0.39, 0.29) is 11.5 Å². The van der Waals surface area contributed by atoms with Crippen molar-refractivity contribution in [1.29, 1.82) is 0 Å². The van der Waals surface area contributed by atoms with Crippen molar-refractivity contribution < 1.29 is 0 Å². The summed E-state index contributed by atoms with van der Waals surface area (Å²) in [6, 6.07) is 0.0535. The van der Waals surface area contributed by atoms with Gasteiger partial charge < -0.3 is 5.73 Å². The van der Waals surface area contributed by atoms with Gasteiger partial charge in [-0.1, -0.05) is 27.7 Å². The largest absolute Gasteiger partial charge is 0.322 e. The number of rotatable bonds is 2. The highest BCUT2D eigenvalue weighted by molar-refractivity contribution is 7.09. The normalized spacial score (nSPS) is 14.5. The molecule has 1 aromatic rings. The number of thiazole rings is 1. The Labute approximate surface area is 84.2 Å². The number of nitrogens with zero attached hydrogens (tertiary/aromatic N) is 1. The Balaban J connectivity index is 2.83. The van der Waals surface area contributed by atoms with E-state index in [9.17, 15) is 0 Å². The monoisotopic (exact) mass is 198 g/mol. The van der Waals surface area contributed by atoms with Crippen LogP contribution in [-0.4, -0.2) is 4.98 Å². The van der Waals surface area contributed by atoms with Gasteiger partial charge in [0.1, 0.15) is 5.01 Å². The van der Waals surface area contributed by atoms with Gasteiger partial charge in [0.05, 0.1) is 11.7 Å². The predicted octanol–water partition coefficient (Wildman–Crippen LogP) is 2.75. The van der Waals surface area contributed by atoms with Gasteiger partial charge in [-0.25, -0.2) is 4.98 Å². The average molecular weight is 198 g/mol. The van der Waals surface area contributed by atoms with Gasteiger partial charge in [-0.05, 0) is 11.8 Å². The van der Waals surface area contributed by atoms with Gasteiger partial charge in [0.2, 0.25) is 0 Å². The lowest BCUT2D eigenvalue weighted by Gasteiger charge is -2.24. The van der Waals surface area contributed by atoms with Crippen LogP contribution in [0, 0.1) is 5.41 Å². The van der Waals surface area contributed by atoms with E-state index in [2.05, 4.69) is 38.1 Å². The molecule has 1 rings (SSSR count). The lowest BCUT2D eigenvalue weighted by atomic mass is 9.88. The topological polar surface area (TPSA) is 38.9 Å². The highest BCUT2D eigenvalue weighted by Gasteiger charge is 2.24. The molecule has 0 aliphatic carbocycles. The second-order valence-corrected chi connectivity index (χ2v) is 5.26. The zero-order valence-corrected chi connectivity index (χ0v) is 9.61. The van der Waals surface area contributed by atoms with Crippen LogP contribution in [0.15, 0.2) is 5.38 Å². The first kappa shape index (κ1) is 10.7. The molecule has 1 atom stereocenters. The highest BCUT2D eigenvalue weighted by atomic mass is 32.1. The molecule has 0 spiro atoms. The molecule has 0 radical (unpaired) electrons. The molecule has 1 unspecified atom stereocenters. The van der Waals surface area contributed by atoms with Crippen molar-refractivity contribution in [1.82, 2.24) is 4.98 Å². The Kier molecular flexibility index (Phi) is 3.09. The maximum absolute atomic E-state index is 6.09. The Hall–Kier alpha value is -0.410. The van der Waals surface area contributed by atoms with Crippen LogP contribution in [0.2, 0.25) is 0 Å². The molecule has 0 aromatic carbocycles. The smallest absolute Gasteiger partial charge is 0.110 e. The summed E-state index contributed by atoms with van der Waals surface area (Å²) < 4.78 is 0. The van der Waals surface area contributed by atoms with Crippen molar-refractivity contribution in [3.05, 3.63) is 16.1 Å². The summed E-state index contributed by atoms with van der Waals surface area (Å²) in [5.41, 5.74) is 7.34. The molecule has 0 bridgehead atoms. The maximum atomic E-state index is 6.09. The number of nitrogens with two attached hydrogens (primary N) is 1. The van der Waals surface area contributed by atoms with Gasteiger partial charge in [-0.3, -0.25) is 0 Å². The van der Waals surface area contributed by atoms with Crippen molar-refractivity contribution in [3.8, 4) is 0 Å². The second-order valence-electron chi connectivity index (χ2n) is 4.37. The first-order chi connectivity index (χ1) is 5.95. The van der Waals surface area contributed by atoms with E-state index in [4.69, 9.17) is 5.73 Å². The molecule has 0 saturated heterocycles. The minimum Gasteiger partial charge on any atom is -0.322 e. The molecule has 74 valence electrons. The highest BCUT2D eigenvalue weighted by Crippen LogP contribution is 2.31. The molecule has 0 aliphatic rings. The van der Waals surface area contributed by atoms with Gasteiger partial charge in [0.15, 0.2) is 0 Å². The summed E-state index contributed by atoms with van der Waals surface area (Å²) in [6.07, 6.45) is 0.993. The molecule has 2 nitrogen and oxygen atoms in total. The van der Waals surface area contributed by atoms with Crippen LogP contribution < -0.4 is 5.73 Å². The summed E-state index contributed by atoms with van der Waals surface area (Å²) in [7, 11) is 0. The lowest BCUT2D eigenvalue weighted by Crippen LogP contribution is -2.26. The van der Waals surface area contributed by atoms with Crippen LogP contribution in [0.3, 0.4) is 0 Å². The molecule has 0 amide bonds. The van der Waals surface area contributed by atoms with Crippen LogP contribution >= 0.6 is 11.3 Å². The molecular formula is C10H18N2S. The van der Waals surface area contributed by atoms with Gasteiger partial charge in [0, 0.05) is 5.38 Å². The zero-order valence-electron chi connectivity index (χ0n) is 8.79. The fourth-order valence-corrected chi connectivity index (χ4v) is 2.14. The van der Waals surface area contributed by atoms with Gasteiger partial charge in [-0.2, -0.15) is 0 Å². The summed E-state index contributed by atoms with van der Waals surface area (Å²) in [4.78, 5) is 4.49. The van der Waals surface area contributed by atoms with Crippen molar-refractivity contribution in [2.24, 2.45) is 11.1 Å². The lowest BCUT2D eigenvalue weighted by molar-refractivity contribution is 0.326. The molecule has 13 heavy (non-hydrogen) atoms. The van der Waals surface area contributed by atoms with E-state index in [0.29, 0.717) is 0 Å². The molecule has 1 aromatic heterocycles. The number of aryl methyl sites for hydroxylation is 1. The van der Waals surface area contributed by atoms with Crippen molar-refractivity contribution in [2.45, 2.75) is 40.2 Å². The van der Waals surface area contributed by atoms with Crippen LogP contribution in [0.25, 0.3) is 0 Å². The standard InChI is InChI=1S/C10H18N2S/c1-5-7-6-13-9(12-7)8(11)10(2,3)4/h6,8H,5,11H2,1-4H3. The van der Waals surface area contributed by atoms with Crippen molar-refractivity contribution >= 4 is 11.3 Å². The van der Waals surface area contributed by atoms with E-state index in [1.165, 1.54) is 0 Å². The molecular weight excluding hydrogens is 180 g/mol. The number of hydrogen-bond donors (Lipinski definition) is 1. The predicted molar refractivity (Wildman–Crippen MR) is 57.9 cm³/mol. The van der Waals surface area contributed by atoms with E-state index in [1.54, 1.807) is 11.3 Å². The third-order valence-corrected chi connectivity index (χ3v) is 3.11. The summed E-state index contributed by atoms with van der Waals surface area (Å²) in [5, 5.41) is 3.16. The summed E-state index contributed by atoms with van der Waals surface area (Å²) in [5.74, 6) is 0. The maximum Gasteiger partial charge on any atom is 0.110 e. The van der Waals surface area contributed by atoms with Crippen LogP contribution in [0.4, 0.5) is 0 Å². The molecule has 2 N–H and O–H groups in total. The Morgan fingerprint density at radius 2 is 2.15 bits per heavy atom. The van der Waals surface area contributed by atoms with E-state index >= 15 is 0 Å². The van der Waals surface area contributed by atoms with Crippen LogP contribution in [0.5, 0.6) is 0 Å². The van der Waals surface area contributed by atoms with Gasteiger partial charge >= 0.3 is 0 Å². The average Bonchev–Trinajstić information content (AvgIpc) is 2.48. The fraction of sp³-hybridized carbons (Fsp3) is 0.700. The van der Waals surface area contributed by atoms with E-state index < -0.39 is 0 Å². The minimum atomic E-state index is 0.0535. The molecule has 3 heteroatoms. The third-order valence-electron chi connectivity index (χ3n) is 2.13. The number of aromatic nitrogens is 1. The zero-order chi connectivity index (χ0) is 10.1. The first-order valence-corrected chi connectivity index (χ1v) is 5.53. The molecule has 0 aliphatic heterocycles. The third kappa shape index (κ3) is 2.51. The first-order valence-electron chi connectivity index (χ1n) is 4.65. The van der Waals surface area contributed by atoms with Crippen LogP contribution in [0.1, 0.15) is 44.4 Å². The molecule has 0 fully saturated rings. The van der Waals surface area contributed by atoms with Gasteiger partial charge in [-0.15, -0.1) is 11.3 Å². The van der Waals surface area contributed by atoms with E-state index in [0.717, 1.165) is 17.1 Å². The summed E-state index contributed by atoms with van der Waals surface area (Å²) >= 11 is 1.67. The minimum absolute atomic E-state index is 0.0535. The Bertz CT molecular complexity index is 273. The second kappa shape index (κ2) is 3.76. The van der Waals surface area contributed by atoms with E-state index in [1.807, 2.05) is 0 Å². The Morgan fingerprint density at radius 1 is 1.54 bits per heavy atom. The number of hydrogen-bond acceptors (Lipinski definition) is 3. The quantitative estimate of drug-likeness (QED) is 0.793.